The monoisotopic (exact) mass is 447 g/mol. The molecule has 3 aromatic rings. The molecular formula is C17H10Cl2F3N3O2S. The van der Waals surface area contributed by atoms with Crippen LogP contribution in [-0.4, -0.2) is 17.3 Å². The normalized spacial score (nSPS) is 11.2. The number of ether oxygens (including phenoxy) is 1. The van der Waals surface area contributed by atoms with Gasteiger partial charge in [-0.25, -0.2) is 4.98 Å². The predicted molar refractivity (Wildman–Crippen MR) is 103 cm³/mol. The summed E-state index contributed by atoms with van der Waals surface area (Å²) in [5.74, 6) is -0.782. The maximum Gasteiger partial charge on any atom is 0.573 e. The van der Waals surface area contributed by atoms with E-state index in [1.54, 1.807) is 12.1 Å². The maximum absolute atomic E-state index is 12.3. The van der Waals surface area contributed by atoms with Gasteiger partial charge in [0.1, 0.15) is 11.4 Å². The lowest BCUT2D eigenvalue weighted by molar-refractivity contribution is -0.274. The second kappa shape index (κ2) is 8.26. The van der Waals surface area contributed by atoms with Crippen molar-refractivity contribution in [3.63, 3.8) is 0 Å². The standard InChI is InChI=1S/C17H10Cl2F3N3O2S/c18-12-6-3-10(7-13(12)19)23-15(26)14-8-28-16(25-14)24-9-1-4-11(5-2-9)27-17(20,21)22/h1-8H,(H,23,26)(H,24,25). The Balaban J connectivity index is 1.63. The zero-order valence-electron chi connectivity index (χ0n) is 13.7. The Hall–Kier alpha value is -2.49. The molecule has 0 bridgehead atoms. The summed E-state index contributed by atoms with van der Waals surface area (Å²) in [6, 6.07) is 9.80. The number of rotatable bonds is 5. The van der Waals surface area contributed by atoms with Crippen LogP contribution in [-0.2, 0) is 0 Å². The Labute approximate surface area is 171 Å². The van der Waals surface area contributed by atoms with Crippen LogP contribution in [0.15, 0.2) is 47.8 Å². The molecule has 1 aromatic heterocycles. The highest BCUT2D eigenvalue weighted by Gasteiger charge is 2.30. The molecule has 0 saturated heterocycles. The molecule has 0 radical (unpaired) electrons. The van der Waals surface area contributed by atoms with Gasteiger partial charge in [-0.05, 0) is 42.5 Å². The van der Waals surface area contributed by atoms with E-state index in [1.807, 2.05) is 0 Å². The minimum atomic E-state index is -4.75. The third kappa shape index (κ3) is 5.51. The van der Waals surface area contributed by atoms with Gasteiger partial charge in [0.25, 0.3) is 5.91 Å². The Kier molecular flexibility index (Phi) is 5.97. The van der Waals surface area contributed by atoms with Crippen molar-refractivity contribution in [2.45, 2.75) is 6.36 Å². The predicted octanol–water partition coefficient (Wildman–Crippen LogP) is 6.34. The van der Waals surface area contributed by atoms with Crippen molar-refractivity contribution in [2.24, 2.45) is 0 Å². The summed E-state index contributed by atoms with van der Waals surface area (Å²) in [5.41, 5.74) is 1.11. The number of anilines is 3. The molecule has 0 atom stereocenters. The average molecular weight is 448 g/mol. The van der Waals surface area contributed by atoms with Gasteiger partial charge in [0.15, 0.2) is 5.13 Å². The van der Waals surface area contributed by atoms with Crippen LogP contribution in [0.2, 0.25) is 10.0 Å². The summed E-state index contributed by atoms with van der Waals surface area (Å²) in [6.07, 6.45) is -4.75. The minimum Gasteiger partial charge on any atom is -0.406 e. The average Bonchev–Trinajstić information content (AvgIpc) is 3.07. The van der Waals surface area contributed by atoms with Crippen molar-refractivity contribution >= 4 is 57.0 Å². The first-order valence-corrected chi connectivity index (χ1v) is 9.18. The van der Waals surface area contributed by atoms with Crippen LogP contribution in [0.5, 0.6) is 5.75 Å². The number of nitrogens with one attached hydrogen (secondary N) is 2. The lowest BCUT2D eigenvalue weighted by Crippen LogP contribution is -2.16. The second-order valence-electron chi connectivity index (χ2n) is 5.32. The smallest absolute Gasteiger partial charge is 0.406 e. The molecule has 0 unspecified atom stereocenters. The van der Waals surface area contributed by atoms with Gasteiger partial charge >= 0.3 is 6.36 Å². The number of hydrogen-bond acceptors (Lipinski definition) is 5. The topological polar surface area (TPSA) is 63.2 Å². The van der Waals surface area contributed by atoms with Crippen LogP contribution in [0.3, 0.4) is 0 Å². The number of amides is 1. The van der Waals surface area contributed by atoms with Gasteiger partial charge in [-0.3, -0.25) is 4.79 Å². The Morgan fingerprint density at radius 3 is 2.36 bits per heavy atom. The summed E-state index contributed by atoms with van der Waals surface area (Å²) < 4.78 is 40.3. The first-order chi connectivity index (χ1) is 13.2. The highest BCUT2D eigenvalue weighted by molar-refractivity contribution is 7.14. The SMILES string of the molecule is O=C(Nc1ccc(Cl)c(Cl)c1)c1csc(Nc2ccc(OC(F)(F)F)cc2)n1. The summed E-state index contributed by atoms with van der Waals surface area (Å²) in [7, 11) is 0. The molecule has 5 nitrogen and oxygen atoms in total. The number of alkyl halides is 3. The van der Waals surface area contributed by atoms with E-state index in [0.717, 1.165) is 11.3 Å². The fraction of sp³-hybridized carbons (Fsp3) is 0.0588. The van der Waals surface area contributed by atoms with Gasteiger partial charge < -0.3 is 15.4 Å². The second-order valence-corrected chi connectivity index (χ2v) is 6.99. The Morgan fingerprint density at radius 2 is 1.71 bits per heavy atom. The van der Waals surface area contributed by atoms with Gasteiger partial charge in [-0.2, -0.15) is 0 Å². The molecule has 11 heteroatoms. The van der Waals surface area contributed by atoms with E-state index < -0.39 is 12.3 Å². The molecule has 3 rings (SSSR count). The van der Waals surface area contributed by atoms with Crippen LogP contribution in [0.4, 0.5) is 29.7 Å². The van der Waals surface area contributed by atoms with Gasteiger partial charge in [0, 0.05) is 16.8 Å². The molecule has 1 heterocycles. The molecule has 28 heavy (non-hydrogen) atoms. The van der Waals surface area contributed by atoms with Crippen LogP contribution >= 0.6 is 34.5 Å². The summed E-state index contributed by atoms with van der Waals surface area (Å²) >= 11 is 12.9. The number of thiazole rings is 1. The van der Waals surface area contributed by atoms with Crippen molar-refractivity contribution in [1.82, 2.24) is 4.98 Å². The first-order valence-electron chi connectivity index (χ1n) is 7.54. The van der Waals surface area contributed by atoms with E-state index in [4.69, 9.17) is 23.2 Å². The summed E-state index contributed by atoms with van der Waals surface area (Å²) in [6.45, 7) is 0. The van der Waals surface area contributed by atoms with Gasteiger partial charge in [0.2, 0.25) is 0 Å². The van der Waals surface area contributed by atoms with E-state index in [-0.39, 0.29) is 11.4 Å². The fourth-order valence-electron chi connectivity index (χ4n) is 2.07. The lowest BCUT2D eigenvalue weighted by Gasteiger charge is -2.09. The number of carbonyl (C=O) groups is 1. The molecule has 0 spiro atoms. The molecule has 146 valence electrons. The van der Waals surface area contributed by atoms with Gasteiger partial charge in [-0.15, -0.1) is 24.5 Å². The molecule has 2 N–H and O–H groups in total. The van der Waals surface area contributed by atoms with Crippen molar-refractivity contribution in [1.29, 1.82) is 0 Å². The molecule has 0 fully saturated rings. The zero-order valence-corrected chi connectivity index (χ0v) is 16.0. The lowest BCUT2D eigenvalue weighted by atomic mass is 10.3. The van der Waals surface area contributed by atoms with E-state index in [1.165, 1.54) is 35.7 Å². The van der Waals surface area contributed by atoms with Crippen LogP contribution in [0.25, 0.3) is 0 Å². The van der Waals surface area contributed by atoms with Crippen molar-refractivity contribution < 1.29 is 22.7 Å². The number of carbonyl (C=O) groups excluding carboxylic acids is 1. The maximum atomic E-state index is 12.3. The summed E-state index contributed by atoms with van der Waals surface area (Å²) in [4.78, 5) is 16.4. The largest absolute Gasteiger partial charge is 0.573 e. The van der Waals surface area contributed by atoms with E-state index in [9.17, 15) is 18.0 Å². The number of benzene rings is 2. The Bertz CT molecular complexity index is 994. The third-order valence-electron chi connectivity index (χ3n) is 3.25. The number of nitrogens with zero attached hydrogens (tertiary/aromatic N) is 1. The van der Waals surface area contributed by atoms with E-state index in [2.05, 4.69) is 20.4 Å². The van der Waals surface area contributed by atoms with Gasteiger partial charge in [0.05, 0.1) is 10.0 Å². The minimum absolute atomic E-state index is 0.163. The molecule has 1 amide bonds. The van der Waals surface area contributed by atoms with Gasteiger partial charge in [-0.1, -0.05) is 23.2 Å². The third-order valence-corrected chi connectivity index (χ3v) is 4.75. The first kappa shape index (κ1) is 20.2. The highest BCUT2D eigenvalue weighted by Crippen LogP contribution is 2.27. The quantitative estimate of drug-likeness (QED) is 0.478. The molecule has 0 aliphatic heterocycles. The number of halogens is 5. The van der Waals surface area contributed by atoms with E-state index >= 15 is 0 Å². The number of hydrogen-bond donors (Lipinski definition) is 2. The molecule has 0 saturated carbocycles. The Morgan fingerprint density at radius 1 is 1.04 bits per heavy atom. The van der Waals surface area contributed by atoms with Crippen molar-refractivity contribution in [3.05, 3.63) is 63.6 Å². The highest BCUT2D eigenvalue weighted by atomic mass is 35.5. The number of aromatic nitrogens is 1. The van der Waals surface area contributed by atoms with Crippen LogP contribution < -0.4 is 15.4 Å². The molecule has 0 aliphatic rings. The molecule has 2 aromatic carbocycles. The summed E-state index contributed by atoms with van der Waals surface area (Å²) in [5, 5.41) is 8.15. The van der Waals surface area contributed by atoms with Crippen molar-refractivity contribution in [2.75, 3.05) is 10.6 Å². The zero-order chi connectivity index (χ0) is 20.3. The fourth-order valence-corrected chi connectivity index (χ4v) is 3.08. The van der Waals surface area contributed by atoms with E-state index in [0.29, 0.717) is 26.6 Å². The molecule has 0 aliphatic carbocycles. The van der Waals surface area contributed by atoms with Crippen LogP contribution in [0.1, 0.15) is 10.5 Å². The van der Waals surface area contributed by atoms with Crippen molar-refractivity contribution in [3.8, 4) is 5.75 Å². The van der Waals surface area contributed by atoms with Crippen LogP contribution in [0, 0.1) is 0 Å². The molecular weight excluding hydrogens is 438 g/mol.